The Bertz CT molecular complexity index is 878. The van der Waals surface area contributed by atoms with E-state index in [0.717, 1.165) is 30.5 Å². The standard InChI is InChI=1S/C24H32N4O3.ClH/c29-22-4-3-21(23(30)26-22)28-15-18-14-19(1-2-20(18)24(28)31)27-11-7-17(8-12-27)13-16-5-9-25-10-6-16;/h1-2,14,16-17,21,25H,3-13,15H2,(H,26,29,30);1H/t21-;/m0./s1. The van der Waals surface area contributed by atoms with Gasteiger partial charge in [0.1, 0.15) is 6.04 Å². The molecule has 1 aromatic rings. The van der Waals surface area contributed by atoms with Gasteiger partial charge in [-0.25, -0.2) is 0 Å². The third-order valence-corrected chi connectivity index (χ3v) is 7.61. The SMILES string of the molecule is Cl.O=C1CC[C@H](N2Cc3cc(N4CCC(CC5CCNCC5)CC4)ccc3C2=O)C(=O)N1. The first kappa shape index (κ1) is 23.1. The second-order valence-corrected chi connectivity index (χ2v) is 9.60. The second-order valence-electron chi connectivity index (χ2n) is 9.60. The number of rotatable bonds is 4. The van der Waals surface area contributed by atoms with Crippen LogP contribution in [-0.4, -0.2) is 54.8 Å². The molecule has 3 amide bonds. The van der Waals surface area contributed by atoms with Gasteiger partial charge in [-0.05, 0) is 87.2 Å². The number of carbonyl (C=O) groups excluding carboxylic acids is 3. The Labute approximate surface area is 195 Å². The van der Waals surface area contributed by atoms with Crippen molar-refractivity contribution in [2.75, 3.05) is 31.1 Å². The molecule has 2 N–H and O–H groups in total. The minimum absolute atomic E-state index is 0. The van der Waals surface area contributed by atoms with E-state index in [1.165, 1.54) is 50.9 Å². The molecule has 0 aromatic heterocycles. The van der Waals surface area contributed by atoms with Crippen LogP contribution < -0.4 is 15.5 Å². The maximum Gasteiger partial charge on any atom is 0.255 e. The van der Waals surface area contributed by atoms with Gasteiger partial charge in [0.25, 0.3) is 5.91 Å². The highest BCUT2D eigenvalue weighted by Gasteiger charge is 2.39. The van der Waals surface area contributed by atoms with Crippen LogP contribution in [0.5, 0.6) is 0 Å². The Balaban J connectivity index is 0.00000245. The molecule has 0 bridgehead atoms. The fourth-order valence-corrected chi connectivity index (χ4v) is 5.77. The van der Waals surface area contributed by atoms with Crippen LogP contribution in [0.4, 0.5) is 5.69 Å². The van der Waals surface area contributed by atoms with Crippen molar-refractivity contribution in [2.45, 2.75) is 57.5 Å². The molecule has 0 aliphatic carbocycles. The summed E-state index contributed by atoms with van der Waals surface area (Å²) in [6, 6.07) is 5.55. The number of hydrogen-bond acceptors (Lipinski definition) is 5. The zero-order chi connectivity index (χ0) is 21.4. The molecule has 174 valence electrons. The van der Waals surface area contributed by atoms with E-state index in [9.17, 15) is 14.4 Å². The summed E-state index contributed by atoms with van der Waals surface area (Å²) in [6.45, 7) is 4.93. The smallest absolute Gasteiger partial charge is 0.255 e. The molecule has 8 heteroatoms. The molecule has 0 saturated carbocycles. The second kappa shape index (κ2) is 9.79. The summed E-state index contributed by atoms with van der Waals surface area (Å²) in [5, 5.41) is 5.83. The Hall–Kier alpha value is -2.12. The summed E-state index contributed by atoms with van der Waals surface area (Å²) in [5.74, 6) is 1.02. The number of amides is 3. The highest BCUT2D eigenvalue weighted by atomic mass is 35.5. The number of benzene rings is 1. The van der Waals surface area contributed by atoms with E-state index in [1.807, 2.05) is 6.07 Å². The van der Waals surface area contributed by atoms with Crippen LogP contribution in [-0.2, 0) is 16.1 Å². The molecule has 3 fully saturated rings. The Morgan fingerprint density at radius 1 is 0.938 bits per heavy atom. The fourth-order valence-electron chi connectivity index (χ4n) is 5.77. The summed E-state index contributed by atoms with van der Waals surface area (Å²) >= 11 is 0. The topological polar surface area (TPSA) is 81.8 Å². The molecule has 4 heterocycles. The van der Waals surface area contributed by atoms with Crippen LogP contribution in [0.15, 0.2) is 18.2 Å². The molecule has 3 saturated heterocycles. The Morgan fingerprint density at radius 3 is 2.38 bits per heavy atom. The predicted molar refractivity (Wildman–Crippen MR) is 125 cm³/mol. The van der Waals surface area contributed by atoms with E-state index >= 15 is 0 Å². The molecule has 0 radical (unpaired) electrons. The van der Waals surface area contributed by atoms with Crippen LogP contribution in [0, 0.1) is 11.8 Å². The van der Waals surface area contributed by atoms with Gasteiger partial charge in [0.2, 0.25) is 11.8 Å². The van der Waals surface area contributed by atoms with Crippen molar-refractivity contribution in [3.8, 4) is 0 Å². The van der Waals surface area contributed by atoms with Crippen LogP contribution in [0.3, 0.4) is 0 Å². The number of nitrogens with zero attached hydrogens (tertiary/aromatic N) is 2. The zero-order valence-corrected chi connectivity index (χ0v) is 19.3. The molecule has 1 atom stereocenters. The first-order chi connectivity index (χ1) is 15.1. The van der Waals surface area contributed by atoms with E-state index in [2.05, 4.69) is 27.7 Å². The molecular weight excluding hydrogens is 428 g/mol. The monoisotopic (exact) mass is 460 g/mol. The molecule has 1 aromatic carbocycles. The number of fused-ring (bicyclic) bond motifs is 1. The Morgan fingerprint density at radius 2 is 1.66 bits per heavy atom. The normalized spacial score (nSPS) is 24.9. The lowest BCUT2D eigenvalue weighted by atomic mass is 9.83. The maximum absolute atomic E-state index is 12.9. The molecule has 32 heavy (non-hydrogen) atoms. The third-order valence-electron chi connectivity index (χ3n) is 7.61. The third kappa shape index (κ3) is 4.64. The van der Waals surface area contributed by atoms with E-state index < -0.39 is 6.04 Å². The van der Waals surface area contributed by atoms with Crippen LogP contribution in [0.2, 0.25) is 0 Å². The summed E-state index contributed by atoms with van der Waals surface area (Å²) < 4.78 is 0. The van der Waals surface area contributed by atoms with E-state index in [1.54, 1.807) is 4.90 Å². The number of piperidine rings is 3. The van der Waals surface area contributed by atoms with E-state index in [0.29, 0.717) is 18.5 Å². The van der Waals surface area contributed by atoms with Crippen LogP contribution >= 0.6 is 12.4 Å². The van der Waals surface area contributed by atoms with Gasteiger partial charge in [-0.3, -0.25) is 19.7 Å². The lowest BCUT2D eigenvalue weighted by Crippen LogP contribution is -2.52. The quantitative estimate of drug-likeness (QED) is 0.674. The van der Waals surface area contributed by atoms with Gasteiger partial charge in [-0.1, -0.05) is 0 Å². The van der Waals surface area contributed by atoms with Crippen molar-refractivity contribution in [1.29, 1.82) is 0 Å². The van der Waals surface area contributed by atoms with Gasteiger partial charge < -0.3 is 15.1 Å². The van der Waals surface area contributed by atoms with Crippen molar-refractivity contribution in [1.82, 2.24) is 15.5 Å². The number of imide groups is 1. The summed E-state index contributed by atoms with van der Waals surface area (Å²) in [5.41, 5.74) is 2.86. The molecule has 0 spiro atoms. The lowest BCUT2D eigenvalue weighted by molar-refractivity contribution is -0.136. The first-order valence-electron chi connectivity index (χ1n) is 11.8. The average molecular weight is 461 g/mol. The van der Waals surface area contributed by atoms with Crippen LogP contribution in [0.1, 0.15) is 60.9 Å². The fraction of sp³-hybridized carbons (Fsp3) is 0.625. The number of nitrogens with one attached hydrogen (secondary N) is 2. The maximum atomic E-state index is 12.9. The van der Waals surface area contributed by atoms with Crippen molar-refractivity contribution < 1.29 is 14.4 Å². The van der Waals surface area contributed by atoms with Crippen molar-refractivity contribution in [2.24, 2.45) is 11.8 Å². The predicted octanol–water partition coefficient (Wildman–Crippen LogP) is 2.48. The van der Waals surface area contributed by atoms with E-state index in [4.69, 9.17) is 0 Å². The minimum Gasteiger partial charge on any atom is -0.372 e. The van der Waals surface area contributed by atoms with Gasteiger partial charge in [0.15, 0.2) is 0 Å². The Kier molecular flexibility index (Phi) is 7.05. The highest BCUT2D eigenvalue weighted by Crippen LogP contribution is 2.34. The lowest BCUT2D eigenvalue weighted by Gasteiger charge is -2.36. The molecular formula is C24H33ClN4O3. The van der Waals surface area contributed by atoms with E-state index in [-0.39, 0.29) is 36.5 Å². The van der Waals surface area contributed by atoms with Gasteiger partial charge in [0, 0.05) is 37.3 Å². The molecule has 5 rings (SSSR count). The zero-order valence-electron chi connectivity index (χ0n) is 18.5. The average Bonchev–Trinajstić information content (AvgIpc) is 3.10. The van der Waals surface area contributed by atoms with Crippen molar-refractivity contribution >= 4 is 35.8 Å². The highest BCUT2D eigenvalue weighted by molar-refractivity contribution is 6.05. The van der Waals surface area contributed by atoms with Gasteiger partial charge in [-0.2, -0.15) is 0 Å². The van der Waals surface area contributed by atoms with Gasteiger partial charge in [0.05, 0.1) is 0 Å². The summed E-state index contributed by atoms with van der Waals surface area (Å²) in [4.78, 5) is 40.6. The van der Waals surface area contributed by atoms with Gasteiger partial charge in [-0.15, -0.1) is 12.4 Å². The molecule has 4 aliphatic heterocycles. The number of hydrogen-bond donors (Lipinski definition) is 2. The van der Waals surface area contributed by atoms with Crippen LogP contribution in [0.25, 0.3) is 0 Å². The number of halogens is 1. The molecule has 4 aliphatic rings. The largest absolute Gasteiger partial charge is 0.372 e. The first-order valence-corrected chi connectivity index (χ1v) is 11.8. The summed E-state index contributed by atoms with van der Waals surface area (Å²) in [6.07, 6.45) is 7.18. The molecule has 0 unspecified atom stereocenters. The molecule has 7 nitrogen and oxygen atoms in total. The van der Waals surface area contributed by atoms with Crippen molar-refractivity contribution in [3.63, 3.8) is 0 Å². The number of anilines is 1. The van der Waals surface area contributed by atoms with Gasteiger partial charge >= 0.3 is 0 Å². The number of carbonyl (C=O) groups is 3. The minimum atomic E-state index is -0.549. The van der Waals surface area contributed by atoms with Crippen molar-refractivity contribution in [3.05, 3.63) is 29.3 Å². The summed E-state index contributed by atoms with van der Waals surface area (Å²) in [7, 11) is 0.